The minimum Gasteiger partial charge on any atom is -0.478 e. The Morgan fingerprint density at radius 1 is 0.403 bits per heavy atom. The van der Waals surface area contributed by atoms with Crippen molar-refractivity contribution in [2.75, 3.05) is 55.2 Å². The molecule has 0 aliphatic carbocycles. The van der Waals surface area contributed by atoms with Crippen molar-refractivity contribution < 1.29 is 123 Å². The third kappa shape index (κ3) is 13.5. The van der Waals surface area contributed by atoms with Gasteiger partial charge in [-0.25, -0.2) is 67.1 Å². The van der Waals surface area contributed by atoms with Crippen LogP contribution in [0.2, 0.25) is 0 Å². The van der Waals surface area contributed by atoms with Crippen molar-refractivity contribution >= 4 is 92.4 Å². The van der Waals surface area contributed by atoms with Gasteiger partial charge in [-0.2, -0.15) is 0 Å². The molecule has 0 saturated carbocycles. The highest BCUT2D eigenvalue weighted by molar-refractivity contribution is 7.83. The Labute approximate surface area is 369 Å². The summed E-state index contributed by atoms with van der Waals surface area (Å²) in [6, 6.07) is 0. The van der Waals surface area contributed by atoms with Gasteiger partial charge in [0.05, 0.1) is 42.7 Å². The number of carbonyl (C=O) groups excluding carboxylic acids is 6. The van der Waals surface area contributed by atoms with Gasteiger partial charge in [-0.1, -0.05) is 0 Å². The molecule has 4 N–H and O–H groups in total. The molecular weight excluding hydrogens is 944 g/mol. The number of aromatic carboxylic acids is 4. The van der Waals surface area contributed by atoms with Crippen molar-refractivity contribution in [3.05, 3.63) is 87.0 Å². The number of fused-ring (bicyclic) bond motifs is 3. The first kappa shape index (κ1) is 55.5. The molecule has 31 heteroatoms. The number of carbonyl (C=O) groups is 10. The van der Waals surface area contributed by atoms with Crippen molar-refractivity contribution in [1.29, 1.82) is 0 Å². The maximum atomic E-state index is 11.8. The quantitative estimate of drug-likeness (QED) is 0.0621. The number of carboxylic acids is 4. The summed E-state index contributed by atoms with van der Waals surface area (Å²) in [7, 11) is 5.84. The van der Waals surface area contributed by atoms with Crippen LogP contribution in [0.15, 0.2) is 41.3 Å². The van der Waals surface area contributed by atoms with E-state index in [-0.39, 0.29) is 10.8 Å². The Morgan fingerprint density at radius 2 is 0.687 bits per heavy atom. The third-order valence-corrected chi connectivity index (χ3v) is 6.85. The van der Waals surface area contributed by atoms with Gasteiger partial charge in [0.1, 0.15) is 33.0 Å². The van der Waals surface area contributed by atoms with Gasteiger partial charge in [0, 0.05) is 35.2 Å². The zero-order valence-electron chi connectivity index (χ0n) is 34.8. The van der Waals surface area contributed by atoms with Crippen molar-refractivity contribution in [3.63, 3.8) is 0 Å². The van der Waals surface area contributed by atoms with E-state index in [2.05, 4.69) is 41.7 Å². The number of ether oxygens (including phenoxy) is 6. The van der Waals surface area contributed by atoms with Gasteiger partial charge in [-0.15, -0.1) is 0 Å². The fraction of sp³-hybridized carbons (Fsp3) is 0.222. The topological polar surface area (TPSA) is 458 Å². The molecule has 0 spiro atoms. The van der Waals surface area contributed by atoms with E-state index in [0.29, 0.717) is 0 Å². The molecule has 0 unspecified atom stereocenters. The van der Waals surface area contributed by atoms with Gasteiger partial charge < -0.3 is 70.9 Å². The van der Waals surface area contributed by atoms with Crippen molar-refractivity contribution in [3.8, 4) is 11.8 Å². The lowest BCUT2D eigenvalue weighted by atomic mass is 10.1. The number of carboxylic acid groups (broad SMARTS) is 4. The van der Waals surface area contributed by atoms with Gasteiger partial charge in [0.25, 0.3) is 0 Å². The number of esters is 6. The van der Waals surface area contributed by atoms with Gasteiger partial charge >= 0.3 is 82.2 Å². The van der Waals surface area contributed by atoms with E-state index >= 15 is 0 Å². The monoisotopic (exact) mass is 972 g/mol. The summed E-state index contributed by atoms with van der Waals surface area (Å²) in [5.41, 5.74) is -8.43. The standard InChI is InChI=1S/C12H12O9.C8H4O9.C8O7.C6H6O4.C2H6OS/c1-17-9(13)5-6(10(14)18-2)8(12(16)20-4)21-7(5)11(15)19-3;9-5(10)1-2(6(11)12)4(8(15)16)17-3(1)7(13)14;9-5-1-2-4(8(12)15-6(2)10)13-3(1)7(11)14-5;1-9-5(7)3-4-6(8)10-2;1-4(2)3/h1-4H3;(H,9,10)(H,11,12)(H,13,14)(H,15,16);;1-2H3;1-2H3. The second-order valence-electron chi connectivity index (χ2n) is 11.0. The maximum Gasteiger partial charge on any atom is 0.384 e. The zero-order chi connectivity index (χ0) is 51.8. The maximum absolute atomic E-state index is 11.8. The molecule has 30 nitrogen and oxygen atoms in total. The molecule has 5 aromatic heterocycles. The first-order chi connectivity index (χ1) is 31.2. The van der Waals surface area contributed by atoms with Crippen molar-refractivity contribution in [2.45, 2.75) is 0 Å². The predicted octanol–water partition coefficient (Wildman–Crippen LogP) is -1.08. The highest BCUT2D eigenvalue weighted by Gasteiger charge is 2.38. The third-order valence-electron chi connectivity index (χ3n) is 6.85. The highest BCUT2D eigenvalue weighted by Crippen LogP contribution is 2.27. The molecule has 0 aliphatic rings. The van der Waals surface area contributed by atoms with E-state index in [1.165, 1.54) is 14.2 Å². The number of furan rings is 5. The van der Waals surface area contributed by atoms with Crippen LogP contribution in [0.25, 0.3) is 21.9 Å². The van der Waals surface area contributed by atoms with Crippen LogP contribution in [-0.2, 0) is 48.8 Å². The summed E-state index contributed by atoms with van der Waals surface area (Å²) in [6.07, 6.45) is 3.28. The van der Waals surface area contributed by atoms with Crippen LogP contribution in [0.3, 0.4) is 0 Å². The van der Waals surface area contributed by atoms with Crippen LogP contribution < -0.4 is 22.5 Å². The van der Waals surface area contributed by atoms with Crippen LogP contribution in [0.1, 0.15) is 83.7 Å². The molecule has 0 fully saturated rings. The largest absolute Gasteiger partial charge is 0.478 e. The molecule has 5 heterocycles. The van der Waals surface area contributed by atoms with E-state index in [4.69, 9.17) is 29.3 Å². The van der Waals surface area contributed by atoms with E-state index < -0.39 is 149 Å². The van der Waals surface area contributed by atoms with Gasteiger partial charge in [0.2, 0.25) is 34.2 Å². The first-order valence-electron chi connectivity index (χ1n) is 16.5. The lowest BCUT2D eigenvalue weighted by Crippen LogP contribution is -2.16. The molecule has 0 atom stereocenters. The number of hydrogen-bond donors (Lipinski definition) is 4. The lowest BCUT2D eigenvalue weighted by molar-refractivity contribution is -0.135. The minimum atomic E-state index is -1.91. The number of methoxy groups -OCH3 is 6. The molecular formula is C36H28O30S. The summed E-state index contributed by atoms with van der Waals surface area (Å²) >= 11 is 0. The normalized spacial score (nSPS) is 9.75. The average molecular weight is 973 g/mol. The summed E-state index contributed by atoms with van der Waals surface area (Å²) in [5, 5.41) is 33.8. The molecule has 0 aliphatic heterocycles. The molecule has 5 rings (SSSR count). The van der Waals surface area contributed by atoms with Crippen molar-refractivity contribution in [2.24, 2.45) is 0 Å². The molecule has 0 saturated heterocycles. The fourth-order valence-electron chi connectivity index (χ4n) is 4.31. The first-order valence-corrected chi connectivity index (χ1v) is 18.4. The average Bonchev–Trinajstić information content (AvgIpc) is 4.09. The van der Waals surface area contributed by atoms with Crippen LogP contribution >= 0.6 is 0 Å². The van der Waals surface area contributed by atoms with Crippen LogP contribution in [0.4, 0.5) is 0 Å². The molecule has 0 aromatic carbocycles. The predicted molar refractivity (Wildman–Crippen MR) is 208 cm³/mol. The Morgan fingerprint density at radius 3 is 0.925 bits per heavy atom. The van der Waals surface area contributed by atoms with Gasteiger partial charge in [-0.05, 0) is 0 Å². The number of hydrogen-bond acceptors (Lipinski definition) is 26. The summed E-state index contributed by atoms with van der Waals surface area (Å²) in [5.74, 6) is -13.4. The lowest BCUT2D eigenvalue weighted by Gasteiger charge is -2.02. The van der Waals surface area contributed by atoms with E-state index in [9.17, 15) is 71.3 Å². The summed E-state index contributed by atoms with van der Waals surface area (Å²) in [6.45, 7) is 0. The molecule has 5 aromatic rings. The van der Waals surface area contributed by atoms with Crippen LogP contribution in [-0.4, -0.2) is 139 Å². The second kappa shape index (κ2) is 24.4. The Bertz CT molecular complexity index is 2890. The van der Waals surface area contributed by atoms with E-state index in [0.717, 1.165) is 28.4 Å². The molecule has 0 radical (unpaired) electrons. The SMILES string of the molecule is COC(=O)C#CC(=O)OC.COC(=O)c1oc(C(=O)OC)c(C(=O)OC)c1C(=O)OC.CS(C)=O.O=C(O)c1oc(C(=O)O)c(C(=O)O)c1C(=O)O.O=c1oc(=O)c2c1oc1c(=O)oc(=O)c12. The van der Waals surface area contributed by atoms with Crippen LogP contribution in [0, 0.1) is 11.8 Å². The Kier molecular flexibility index (Phi) is 20.2. The summed E-state index contributed by atoms with van der Waals surface area (Å²) < 4.78 is 57.9. The molecule has 358 valence electrons. The van der Waals surface area contributed by atoms with Crippen LogP contribution in [0.5, 0.6) is 0 Å². The minimum absolute atomic E-state index is 0.328. The van der Waals surface area contributed by atoms with Gasteiger partial charge in [0.15, 0.2) is 0 Å². The van der Waals surface area contributed by atoms with E-state index in [1.54, 1.807) is 12.5 Å². The molecule has 67 heavy (non-hydrogen) atoms. The van der Waals surface area contributed by atoms with E-state index in [1.807, 2.05) is 11.8 Å². The Hall–Kier alpha value is -9.47. The molecule has 0 amide bonds. The zero-order valence-corrected chi connectivity index (χ0v) is 35.6. The fourth-order valence-corrected chi connectivity index (χ4v) is 4.31. The van der Waals surface area contributed by atoms with Gasteiger partial charge in [-0.3, -0.25) is 4.21 Å². The summed E-state index contributed by atoms with van der Waals surface area (Å²) in [4.78, 5) is 154. The Balaban J connectivity index is 0.000000445. The highest BCUT2D eigenvalue weighted by atomic mass is 32.2. The van der Waals surface area contributed by atoms with Crippen molar-refractivity contribution in [1.82, 2.24) is 0 Å². The smallest absolute Gasteiger partial charge is 0.384 e. The molecule has 0 bridgehead atoms. The number of rotatable bonds is 8. The second-order valence-corrected chi connectivity index (χ2v) is 12.5.